The molecule has 0 atom stereocenters. The van der Waals surface area contributed by atoms with Crippen molar-refractivity contribution in [2.75, 3.05) is 18.1 Å². The number of aliphatic hydroxyl groups excluding tert-OH is 1. The number of nitrogens with zero attached hydrogens (tertiary/aromatic N) is 1. The summed E-state index contributed by atoms with van der Waals surface area (Å²) in [5, 5.41) is 17.6. The number of halogens is 2. The van der Waals surface area contributed by atoms with Crippen molar-refractivity contribution in [3.63, 3.8) is 0 Å². The molecule has 0 spiro atoms. The smallest absolute Gasteiger partial charge is 0.411 e. The van der Waals surface area contributed by atoms with Gasteiger partial charge in [0.15, 0.2) is 0 Å². The summed E-state index contributed by atoms with van der Waals surface area (Å²) in [5.41, 5.74) is 0.331. The van der Waals surface area contributed by atoms with Gasteiger partial charge in [-0.3, -0.25) is 4.90 Å². The highest BCUT2D eigenvalue weighted by atomic mass is 19.3. The molecule has 5 nitrogen and oxygen atoms in total. The number of hydrogen-bond donors (Lipinski definition) is 2. The Morgan fingerprint density at radius 3 is 2.39 bits per heavy atom. The Balaban J connectivity index is 2.77. The molecule has 1 aromatic carbocycles. The lowest BCUT2D eigenvalue weighted by molar-refractivity contribution is -0.0498. The lowest BCUT2D eigenvalue weighted by Crippen LogP contribution is -2.30. The SMILES string of the molecule is O=C(O)N(CCCO)c1ccc(OC(F)F)cc1. The maximum Gasteiger partial charge on any atom is 0.411 e. The van der Waals surface area contributed by atoms with Crippen LogP contribution < -0.4 is 9.64 Å². The molecule has 0 bridgehead atoms. The minimum atomic E-state index is -2.92. The fraction of sp³-hybridized carbons (Fsp3) is 0.364. The summed E-state index contributed by atoms with van der Waals surface area (Å²) in [6.45, 7) is -2.92. The second-order valence-corrected chi connectivity index (χ2v) is 3.38. The predicted molar refractivity (Wildman–Crippen MR) is 60.1 cm³/mol. The lowest BCUT2D eigenvalue weighted by atomic mass is 10.2. The Morgan fingerprint density at radius 2 is 1.94 bits per heavy atom. The molecule has 1 rings (SSSR count). The van der Waals surface area contributed by atoms with E-state index in [2.05, 4.69) is 4.74 Å². The number of rotatable bonds is 6. The van der Waals surface area contributed by atoms with Crippen LogP contribution in [-0.2, 0) is 0 Å². The molecule has 0 saturated carbocycles. The van der Waals surface area contributed by atoms with E-state index in [1.165, 1.54) is 24.3 Å². The third kappa shape index (κ3) is 4.17. The standard InChI is InChI=1S/C11H13F2NO4/c12-10(13)18-9-4-2-8(3-5-9)14(11(16)17)6-1-7-15/h2-5,10,15H,1,6-7H2,(H,16,17). The van der Waals surface area contributed by atoms with E-state index in [0.29, 0.717) is 12.1 Å². The molecule has 1 amide bonds. The molecule has 0 aliphatic carbocycles. The molecule has 0 unspecified atom stereocenters. The highest BCUT2D eigenvalue weighted by Gasteiger charge is 2.14. The second kappa shape index (κ2) is 6.75. The first-order valence-corrected chi connectivity index (χ1v) is 5.21. The van der Waals surface area contributed by atoms with Gasteiger partial charge in [0, 0.05) is 18.8 Å². The molecular weight excluding hydrogens is 248 g/mol. The summed E-state index contributed by atoms with van der Waals surface area (Å²) in [7, 11) is 0. The lowest BCUT2D eigenvalue weighted by Gasteiger charge is -2.19. The number of carbonyl (C=O) groups is 1. The Bertz CT molecular complexity index is 383. The van der Waals surface area contributed by atoms with Gasteiger partial charge in [0.25, 0.3) is 0 Å². The van der Waals surface area contributed by atoms with Crippen LogP contribution in [0, 0.1) is 0 Å². The van der Waals surface area contributed by atoms with E-state index in [1.807, 2.05) is 0 Å². The summed E-state index contributed by atoms with van der Waals surface area (Å²) in [6, 6.07) is 5.25. The van der Waals surface area contributed by atoms with Crippen LogP contribution in [0.15, 0.2) is 24.3 Å². The topological polar surface area (TPSA) is 70.0 Å². The minimum absolute atomic E-state index is 0.0405. The van der Waals surface area contributed by atoms with Crippen molar-refractivity contribution < 1.29 is 28.5 Å². The van der Waals surface area contributed by atoms with E-state index in [1.54, 1.807) is 0 Å². The van der Waals surface area contributed by atoms with E-state index in [4.69, 9.17) is 10.2 Å². The van der Waals surface area contributed by atoms with Crippen molar-refractivity contribution >= 4 is 11.8 Å². The number of aliphatic hydroxyl groups is 1. The summed E-state index contributed by atoms with van der Waals surface area (Å²) in [4.78, 5) is 12.0. The molecule has 18 heavy (non-hydrogen) atoms. The molecule has 0 heterocycles. The Kier molecular flexibility index (Phi) is 5.31. The van der Waals surface area contributed by atoms with Crippen molar-refractivity contribution in [1.29, 1.82) is 0 Å². The van der Waals surface area contributed by atoms with Crippen LogP contribution in [0.4, 0.5) is 19.3 Å². The molecule has 0 radical (unpaired) electrons. The number of anilines is 1. The monoisotopic (exact) mass is 261 g/mol. The molecule has 100 valence electrons. The quantitative estimate of drug-likeness (QED) is 0.823. The van der Waals surface area contributed by atoms with Crippen LogP contribution in [-0.4, -0.2) is 36.1 Å². The van der Waals surface area contributed by atoms with E-state index < -0.39 is 12.7 Å². The first kappa shape index (κ1) is 14.2. The average Bonchev–Trinajstić information content (AvgIpc) is 2.30. The summed E-state index contributed by atoms with van der Waals surface area (Å²) >= 11 is 0. The van der Waals surface area contributed by atoms with Gasteiger partial charge in [0.2, 0.25) is 0 Å². The van der Waals surface area contributed by atoms with E-state index in [-0.39, 0.29) is 18.9 Å². The molecular formula is C11H13F2NO4. The number of carboxylic acid groups (broad SMARTS) is 1. The zero-order valence-corrected chi connectivity index (χ0v) is 9.42. The zero-order chi connectivity index (χ0) is 13.5. The Morgan fingerprint density at radius 1 is 1.33 bits per heavy atom. The first-order chi connectivity index (χ1) is 8.54. The molecule has 7 heteroatoms. The van der Waals surface area contributed by atoms with Gasteiger partial charge in [-0.05, 0) is 30.7 Å². The second-order valence-electron chi connectivity index (χ2n) is 3.38. The minimum Gasteiger partial charge on any atom is -0.465 e. The van der Waals surface area contributed by atoms with Gasteiger partial charge in [0.1, 0.15) is 5.75 Å². The maximum atomic E-state index is 11.9. The van der Waals surface area contributed by atoms with Crippen molar-refractivity contribution in [1.82, 2.24) is 0 Å². The number of alkyl halides is 2. The Labute approximate surface area is 102 Å². The molecule has 0 fully saturated rings. The summed E-state index contributed by atoms with van der Waals surface area (Å²) in [5.74, 6) is -0.0405. The Hall–Kier alpha value is -1.89. The van der Waals surface area contributed by atoms with Crippen molar-refractivity contribution in [2.45, 2.75) is 13.0 Å². The fourth-order valence-electron chi connectivity index (χ4n) is 1.37. The summed E-state index contributed by atoms with van der Waals surface area (Å²) in [6.07, 6.45) is -0.882. The van der Waals surface area contributed by atoms with E-state index in [9.17, 15) is 13.6 Å². The molecule has 2 N–H and O–H groups in total. The van der Waals surface area contributed by atoms with Gasteiger partial charge in [-0.15, -0.1) is 0 Å². The number of benzene rings is 1. The molecule has 0 saturated heterocycles. The molecule has 0 aliphatic rings. The van der Waals surface area contributed by atoms with E-state index in [0.717, 1.165) is 4.90 Å². The predicted octanol–water partition coefficient (Wildman–Crippen LogP) is 2.15. The van der Waals surface area contributed by atoms with Crippen molar-refractivity contribution in [3.05, 3.63) is 24.3 Å². The van der Waals surface area contributed by atoms with Crippen molar-refractivity contribution in [2.24, 2.45) is 0 Å². The maximum absolute atomic E-state index is 11.9. The van der Waals surface area contributed by atoms with Gasteiger partial charge in [-0.2, -0.15) is 8.78 Å². The van der Waals surface area contributed by atoms with Crippen LogP contribution in [0.5, 0.6) is 5.75 Å². The highest BCUT2D eigenvalue weighted by molar-refractivity contribution is 5.86. The van der Waals surface area contributed by atoms with Gasteiger partial charge in [0.05, 0.1) is 0 Å². The number of amides is 1. The number of ether oxygens (including phenoxy) is 1. The van der Waals surface area contributed by atoms with Crippen LogP contribution in [0.1, 0.15) is 6.42 Å². The average molecular weight is 261 g/mol. The normalized spacial score (nSPS) is 10.4. The largest absolute Gasteiger partial charge is 0.465 e. The van der Waals surface area contributed by atoms with Crippen LogP contribution >= 0.6 is 0 Å². The van der Waals surface area contributed by atoms with Gasteiger partial charge < -0.3 is 14.9 Å². The highest BCUT2D eigenvalue weighted by Crippen LogP contribution is 2.21. The third-order valence-corrected chi connectivity index (χ3v) is 2.14. The molecule has 0 aliphatic heterocycles. The molecule has 0 aromatic heterocycles. The third-order valence-electron chi connectivity index (χ3n) is 2.14. The first-order valence-electron chi connectivity index (χ1n) is 5.21. The van der Waals surface area contributed by atoms with Gasteiger partial charge >= 0.3 is 12.7 Å². The van der Waals surface area contributed by atoms with Gasteiger partial charge in [-0.25, -0.2) is 4.79 Å². The van der Waals surface area contributed by atoms with Crippen LogP contribution in [0.2, 0.25) is 0 Å². The van der Waals surface area contributed by atoms with Gasteiger partial charge in [-0.1, -0.05) is 0 Å². The van der Waals surface area contributed by atoms with Crippen LogP contribution in [0.25, 0.3) is 0 Å². The van der Waals surface area contributed by atoms with E-state index >= 15 is 0 Å². The summed E-state index contributed by atoms with van der Waals surface area (Å²) < 4.78 is 28.0. The zero-order valence-electron chi connectivity index (χ0n) is 9.42. The van der Waals surface area contributed by atoms with Crippen LogP contribution in [0.3, 0.4) is 0 Å². The van der Waals surface area contributed by atoms with Crippen molar-refractivity contribution in [3.8, 4) is 5.75 Å². The fourth-order valence-corrected chi connectivity index (χ4v) is 1.37. The molecule has 1 aromatic rings. The number of hydrogen-bond acceptors (Lipinski definition) is 3.